The average Bonchev–Trinajstić information content (AvgIpc) is 2.30. The van der Waals surface area contributed by atoms with Crippen LogP contribution >= 0.6 is 0 Å². The summed E-state index contributed by atoms with van der Waals surface area (Å²) < 4.78 is 18.3. The van der Waals surface area contributed by atoms with Gasteiger partial charge in [-0.2, -0.15) is 0 Å². The van der Waals surface area contributed by atoms with Gasteiger partial charge in [-0.3, -0.25) is 0 Å². The quantitative estimate of drug-likeness (QED) is 0.808. The minimum atomic E-state index is -0.276. The highest BCUT2D eigenvalue weighted by molar-refractivity contribution is 5.31. The molecule has 2 nitrogen and oxygen atoms in total. The first-order chi connectivity index (χ1) is 7.31. The van der Waals surface area contributed by atoms with Gasteiger partial charge in [-0.05, 0) is 37.1 Å². The van der Waals surface area contributed by atoms with Gasteiger partial charge >= 0.3 is 0 Å². The van der Waals surface area contributed by atoms with Gasteiger partial charge in [-0.15, -0.1) is 0 Å². The first-order valence-electron chi connectivity index (χ1n) is 5.38. The highest BCUT2D eigenvalue weighted by atomic mass is 19.1. The van der Waals surface area contributed by atoms with Crippen molar-refractivity contribution < 1.29 is 9.13 Å². The van der Waals surface area contributed by atoms with E-state index < -0.39 is 0 Å². The van der Waals surface area contributed by atoms with Crippen LogP contribution in [0.3, 0.4) is 0 Å². The molecule has 0 bridgehead atoms. The summed E-state index contributed by atoms with van der Waals surface area (Å²) in [5.41, 5.74) is 1.02. The van der Waals surface area contributed by atoms with Gasteiger partial charge in [0.25, 0.3) is 0 Å². The van der Waals surface area contributed by atoms with Crippen molar-refractivity contribution in [2.75, 3.05) is 13.7 Å². The SMILES string of the molecule is COc1ccc([C@H]2CCCCN2)cc1F. The molecule has 0 spiro atoms. The molecule has 1 fully saturated rings. The van der Waals surface area contributed by atoms with Gasteiger partial charge < -0.3 is 10.1 Å². The van der Waals surface area contributed by atoms with Crippen LogP contribution in [0.4, 0.5) is 4.39 Å². The summed E-state index contributed by atoms with van der Waals surface area (Å²) in [6.45, 7) is 1.03. The summed E-state index contributed by atoms with van der Waals surface area (Å²) in [7, 11) is 1.48. The Morgan fingerprint density at radius 1 is 1.40 bits per heavy atom. The van der Waals surface area contributed by atoms with Crippen molar-refractivity contribution in [1.29, 1.82) is 0 Å². The molecule has 0 unspecified atom stereocenters. The van der Waals surface area contributed by atoms with Crippen LogP contribution in [0.25, 0.3) is 0 Å². The summed E-state index contributed by atoms with van der Waals surface area (Å²) in [6.07, 6.45) is 3.52. The summed E-state index contributed by atoms with van der Waals surface area (Å²) >= 11 is 0. The van der Waals surface area contributed by atoms with Crippen LogP contribution in [0.15, 0.2) is 18.2 Å². The lowest BCUT2D eigenvalue weighted by atomic mass is 9.97. The molecule has 0 radical (unpaired) electrons. The fraction of sp³-hybridized carbons (Fsp3) is 0.500. The topological polar surface area (TPSA) is 21.3 Å². The maximum Gasteiger partial charge on any atom is 0.165 e. The van der Waals surface area contributed by atoms with Crippen molar-refractivity contribution in [2.24, 2.45) is 0 Å². The zero-order valence-electron chi connectivity index (χ0n) is 8.92. The Balaban J connectivity index is 2.17. The van der Waals surface area contributed by atoms with E-state index in [0.29, 0.717) is 11.8 Å². The van der Waals surface area contributed by atoms with E-state index in [4.69, 9.17) is 4.74 Å². The van der Waals surface area contributed by atoms with E-state index in [0.717, 1.165) is 18.5 Å². The molecule has 1 atom stereocenters. The molecule has 0 saturated carbocycles. The largest absolute Gasteiger partial charge is 0.494 e. The standard InChI is InChI=1S/C12H16FNO/c1-15-12-6-5-9(8-10(12)13)11-4-2-3-7-14-11/h5-6,8,11,14H,2-4,7H2,1H3/t11-/m1/s1. The fourth-order valence-electron chi connectivity index (χ4n) is 2.04. The zero-order valence-corrected chi connectivity index (χ0v) is 8.92. The zero-order chi connectivity index (χ0) is 10.7. The Morgan fingerprint density at radius 2 is 2.27 bits per heavy atom. The van der Waals surface area contributed by atoms with Crippen molar-refractivity contribution in [3.63, 3.8) is 0 Å². The van der Waals surface area contributed by atoms with Gasteiger partial charge in [-0.1, -0.05) is 12.5 Å². The van der Waals surface area contributed by atoms with Gasteiger partial charge in [0.2, 0.25) is 0 Å². The minimum Gasteiger partial charge on any atom is -0.494 e. The van der Waals surface area contributed by atoms with Crippen LogP contribution < -0.4 is 10.1 Å². The molecule has 1 aliphatic heterocycles. The summed E-state index contributed by atoms with van der Waals surface area (Å²) in [5, 5.41) is 3.39. The van der Waals surface area contributed by atoms with Gasteiger partial charge in [0.05, 0.1) is 7.11 Å². The van der Waals surface area contributed by atoms with E-state index in [-0.39, 0.29) is 5.82 Å². The molecule has 1 saturated heterocycles. The number of halogens is 1. The first kappa shape index (κ1) is 10.4. The van der Waals surface area contributed by atoms with E-state index in [1.54, 1.807) is 12.1 Å². The Labute approximate surface area is 89.4 Å². The summed E-state index contributed by atoms with van der Waals surface area (Å²) in [5.74, 6) is 0.0388. The van der Waals surface area contributed by atoms with E-state index in [1.807, 2.05) is 6.07 Å². The summed E-state index contributed by atoms with van der Waals surface area (Å²) in [6, 6.07) is 5.51. The predicted molar refractivity (Wildman–Crippen MR) is 57.5 cm³/mol. The maximum atomic E-state index is 13.5. The van der Waals surface area contributed by atoms with Crippen LogP contribution in [0.5, 0.6) is 5.75 Å². The molecule has 2 rings (SSSR count). The lowest BCUT2D eigenvalue weighted by Crippen LogP contribution is -2.26. The first-order valence-corrected chi connectivity index (χ1v) is 5.38. The molecule has 82 valence electrons. The number of hydrogen-bond acceptors (Lipinski definition) is 2. The molecule has 1 aromatic carbocycles. The second kappa shape index (κ2) is 4.62. The second-order valence-electron chi connectivity index (χ2n) is 3.90. The molecule has 1 aromatic rings. The molecule has 1 heterocycles. The molecule has 1 aliphatic rings. The second-order valence-corrected chi connectivity index (χ2v) is 3.90. The highest BCUT2D eigenvalue weighted by Gasteiger charge is 2.16. The number of hydrogen-bond donors (Lipinski definition) is 1. The number of benzene rings is 1. The third-order valence-electron chi connectivity index (χ3n) is 2.89. The Kier molecular flexibility index (Phi) is 3.21. The lowest BCUT2D eigenvalue weighted by Gasteiger charge is -2.24. The van der Waals surface area contributed by atoms with Gasteiger partial charge in [0, 0.05) is 6.04 Å². The molecular formula is C12H16FNO. The number of nitrogens with one attached hydrogen (secondary N) is 1. The van der Waals surface area contributed by atoms with Gasteiger partial charge in [0.15, 0.2) is 11.6 Å². The van der Waals surface area contributed by atoms with Crippen LogP contribution in [0.2, 0.25) is 0 Å². The molecular weight excluding hydrogens is 193 g/mol. The third kappa shape index (κ3) is 2.29. The number of piperidine rings is 1. The molecule has 0 aliphatic carbocycles. The number of methoxy groups -OCH3 is 1. The van der Waals surface area contributed by atoms with Crippen molar-refractivity contribution >= 4 is 0 Å². The van der Waals surface area contributed by atoms with E-state index in [9.17, 15) is 4.39 Å². The Morgan fingerprint density at radius 3 is 2.87 bits per heavy atom. The maximum absolute atomic E-state index is 13.5. The molecule has 1 N–H and O–H groups in total. The lowest BCUT2D eigenvalue weighted by molar-refractivity contribution is 0.382. The van der Waals surface area contributed by atoms with Crippen molar-refractivity contribution in [1.82, 2.24) is 5.32 Å². The van der Waals surface area contributed by atoms with E-state index in [1.165, 1.54) is 20.0 Å². The molecule has 0 aromatic heterocycles. The third-order valence-corrected chi connectivity index (χ3v) is 2.89. The van der Waals surface area contributed by atoms with Crippen molar-refractivity contribution in [2.45, 2.75) is 25.3 Å². The van der Waals surface area contributed by atoms with Crippen LogP contribution in [0.1, 0.15) is 30.9 Å². The van der Waals surface area contributed by atoms with Crippen LogP contribution in [-0.2, 0) is 0 Å². The predicted octanol–water partition coefficient (Wildman–Crippen LogP) is 2.65. The average molecular weight is 209 g/mol. The molecule has 15 heavy (non-hydrogen) atoms. The number of ether oxygens (including phenoxy) is 1. The summed E-state index contributed by atoms with van der Waals surface area (Å²) in [4.78, 5) is 0. The fourth-order valence-corrected chi connectivity index (χ4v) is 2.04. The minimum absolute atomic E-state index is 0.276. The van der Waals surface area contributed by atoms with Crippen molar-refractivity contribution in [3.8, 4) is 5.75 Å². The monoisotopic (exact) mass is 209 g/mol. The van der Waals surface area contributed by atoms with E-state index >= 15 is 0 Å². The Hall–Kier alpha value is -1.09. The van der Waals surface area contributed by atoms with Crippen LogP contribution in [-0.4, -0.2) is 13.7 Å². The normalized spacial score (nSPS) is 21.3. The Bertz CT molecular complexity index is 334. The van der Waals surface area contributed by atoms with Gasteiger partial charge in [0.1, 0.15) is 0 Å². The van der Waals surface area contributed by atoms with Gasteiger partial charge in [-0.25, -0.2) is 4.39 Å². The van der Waals surface area contributed by atoms with Crippen LogP contribution in [0, 0.1) is 5.82 Å². The molecule has 3 heteroatoms. The number of rotatable bonds is 2. The van der Waals surface area contributed by atoms with Crippen molar-refractivity contribution in [3.05, 3.63) is 29.6 Å². The molecule has 0 amide bonds. The smallest absolute Gasteiger partial charge is 0.165 e. The highest BCUT2D eigenvalue weighted by Crippen LogP contribution is 2.26. The van der Waals surface area contributed by atoms with E-state index in [2.05, 4.69) is 5.32 Å².